The van der Waals surface area contributed by atoms with E-state index in [1.807, 2.05) is 31.2 Å². The van der Waals surface area contributed by atoms with Crippen LogP contribution in [0.15, 0.2) is 29.1 Å². The molecule has 0 aliphatic carbocycles. The highest BCUT2D eigenvalue weighted by molar-refractivity contribution is 5.42. The zero-order chi connectivity index (χ0) is 16.0. The predicted octanol–water partition coefficient (Wildman–Crippen LogP) is 4.07. The van der Waals surface area contributed by atoms with Gasteiger partial charge in [0.15, 0.2) is 0 Å². The van der Waals surface area contributed by atoms with Crippen LogP contribution >= 0.6 is 0 Å². The van der Waals surface area contributed by atoms with Crippen LogP contribution in [0.25, 0.3) is 5.69 Å². The van der Waals surface area contributed by atoms with Crippen molar-refractivity contribution < 1.29 is 0 Å². The van der Waals surface area contributed by atoms with Crippen LogP contribution in [0.2, 0.25) is 0 Å². The Hall–Kier alpha value is -1.77. The fourth-order valence-electron chi connectivity index (χ4n) is 2.66. The van der Waals surface area contributed by atoms with Crippen LogP contribution in [-0.4, -0.2) is 9.78 Å². The lowest BCUT2D eigenvalue weighted by molar-refractivity contribution is 0.517. The summed E-state index contributed by atoms with van der Waals surface area (Å²) in [7, 11) is 0. The molecule has 21 heavy (non-hydrogen) atoms. The Kier molecular flexibility index (Phi) is 3.64. The Morgan fingerprint density at radius 3 is 1.95 bits per heavy atom. The molecule has 0 atom stereocenters. The summed E-state index contributed by atoms with van der Waals surface area (Å²) in [6.45, 7) is 14.7. The van der Waals surface area contributed by atoms with Gasteiger partial charge in [-0.3, -0.25) is 9.89 Å². The summed E-state index contributed by atoms with van der Waals surface area (Å²) in [5.41, 5.74) is 3.66. The molecule has 0 saturated carbocycles. The molecule has 1 heterocycles. The van der Waals surface area contributed by atoms with Crippen molar-refractivity contribution in [2.45, 2.75) is 59.3 Å². The molecule has 2 aromatic rings. The monoisotopic (exact) mass is 286 g/mol. The molecule has 1 aromatic heterocycles. The maximum Gasteiger partial charge on any atom is 0.275 e. The van der Waals surface area contributed by atoms with E-state index in [2.05, 4.69) is 46.6 Å². The minimum absolute atomic E-state index is 0.0572. The lowest BCUT2D eigenvalue weighted by atomic mass is 9.79. The zero-order valence-electron chi connectivity index (χ0n) is 14.2. The molecule has 2 rings (SSSR count). The predicted molar refractivity (Wildman–Crippen MR) is 88.5 cm³/mol. The van der Waals surface area contributed by atoms with Gasteiger partial charge in [-0.2, -0.15) is 0 Å². The third-order valence-corrected chi connectivity index (χ3v) is 3.75. The second-order valence-corrected chi connectivity index (χ2v) is 7.79. The third-order valence-electron chi connectivity index (χ3n) is 3.75. The molecule has 114 valence electrons. The standard InChI is InChI=1S/C18H26N2O/c1-12-10-8-9-11-13(12)20-16(21)14(17(2,3)4)15(19-20)18(5,6)7/h8-11,19H,1-7H3. The van der Waals surface area contributed by atoms with Gasteiger partial charge in [-0.1, -0.05) is 59.7 Å². The molecule has 0 aliphatic heterocycles. The van der Waals surface area contributed by atoms with Crippen molar-refractivity contribution in [1.82, 2.24) is 9.78 Å². The van der Waals surface area contributed by atoms with Crippen LogP contribution in [0, 0.1) is 6.92 Å². The molecular weight excluding hydrogens is 260 g/mol. The number of nitrogens with zero attached hydrogens (tertiary/aromatic N) is 1. The average molecular weight is 286 g/mol. The number of hydrogen-bond donors (Lipinski definition) is 1. The van der Waals surface area contributed by atoms with E-state index in [1.54, 1.807) is 4.68 Å². The highest BCUT2D eigenvalue weighted by Crippen LogP contribution is 2.31. The highest BCUT2D eigenvalue weighted by atomic mass is 16.1. The molecule has 0 fully saturated rings. The fraction of sp³-hybridized carbons (Fsp3) is 0.500. The molecule has 0 unspecified atom stereocenters. The number of aromatic nitrogens is 2. The quantitative estimate of drug-likeness (QED) is 0.843. The fourth-order valence-corrected chi connectivity index (χ4v) is 2.66. The first-order valence-corrected chi connectivity index (χ1v) is 7.45. The van der Waals surface area contributed by atoms with E-state index < -0.39 is 0 Å². The first-order chi connectivity index (χ1) is 9.53. The Morgan fingerprint density at radius 2 is 1.52 bits per heavy atom. The molecule has 1 N–H and O–H groups in total. The van der Waals surface area contributed by atoms with Gasteiger partial charge in [0.1, 0.15) is 0 Å². The number of benzene rings is 1. The summed E-state index contributed by atoms with van der Waals surface area (Å²) in [5, 5.41) is 3.36. The number of aromatic amines is 1. The van der Waals surface area contributed by atoms with Crippen LogP contribution in [0.3, 0.4) is 0 Å². The molecule has 0 bridgehead atoms. The summed E-state index contributed by atoms with van der Waals surface area (Å²) in [5.74, 6) is 0. The first-order valence-electron chi connectivity index (χ1n) is 7.45. The van der Waals surface area contributed by atoms with Gasteiger partial charge in [0.2, 0.25) is 0 Å². The van der Waals surface area contributed by atoms with Crippen molar-refractivity contribution in [2.75, 3.05) is 0 Å². The summed E-state index contributed by atoms with van der Waals surface area (Å²) >= 11 is 0. The SMILES string of the molecule is Cc1ccccc1-n1[nH]c(C(C)(C)C)c(C(C)(C)C)c1=O. The minimum Gasteiger partial charge on any atom is -0.294 e. The average Bonchev–Trinajstić information content (AvgIpc) is 2.67. The number of para-hydroxylation sites is 1. The van der Waals surface area contributed by atoms with Crippen molar-refractivity contribution in [2.24, 2.45) is 0 Å². The van der Waals surface area contributed by atoms with Crippen LogP contribution in [0.4, 0.5) is 0 Å². The smallest absolute Gasteiger partial charge is 0.275 e. The maximum absolute atomic E-state index is 13.0. The molecule has 0 spiro atoms. The van der Waals surface area contributed by atoms with Crippen LogP contribution in [0.5, 0.6) is 0 Å². The van der Waals surface area contributed by atoms with E-state index >= 15 is 0 Å². The molecule has 3 nitrogen and oxygen atoms in total. The Morgan fingerprint density at radius 1 is 0.952 bits per heavy atom. The molecule has 0 saturated heterocycles. The van der Waals surface area contributed by atoms with E-state index in [4.69, 9.17) is 0 Å². The topological polar surface area (TPSA) is 37.8 Å². The van der Waals surface area contributed by atoms with Gasteiger partial charge in [0, 0.05) is 16.7 Å². The highest BCUT2D eigenvalue weighted by Gasteiger charge is 2.31. The zero-order valence-corrected chi connectivity index (χ0v) is 14.2. The van der Waals surface area contributed by atoms with E-state index in [-0.39, 0.29) is 16.4 Å². The van der Waals surface area contributed by atoms with Crippen molar-refractivity contribution in [3.05, 3.63) is 51.4 Å². The molecular formula is C18H26N2O. The molecule has 3 heteroatoms. The third kappa shape index (κ3) is 2.82. The van der Waals surface area contributed by atoms with E-state index in [1.165, 1.54) is 0 Å². The van der Waals surface area contributed by atoms with Gasteiger partial charge < -0.3 is 0 Å². The number of nitrogens with one attached hydrogen (secondary N) is 1. The van der Waals surface area contributed by atoms with Crippen LogP contribution in [-0.2, 0) is 10.8 Å². The number of hydrogen-bond acceptors (Lipinski definition) is 1. The normalized spacial score (nSPS) is 12.7. The van der Waals surface area contributed by atoms with Crippen molar-refractivity contribution in [1.29, 1.82) is 0 Å². The first kappa shape index (κ1) is 15.6. The molecule has 0 aliphatic rings. The molecule has 1 aromatic carbocycles. The van der Waals surface area contributed by atoms with Gasteiger partial charge in [0.25, 0.3) is 5.56 Å². The molecule has 0 radical (unpaired) electrons. The Balaban J connectivity index is 2.81. The lowest BCUT2D eigenvalue weighted by Gasteiger charge is -2.24. The number of H-pyrrole nitrogens is 1. The second kappa shape index (κ2) is 4.90. The number of rotatable bonds is 1. The maximum atomic E-state index is 13.0. The minimum atomic E-state index is -0.190. The van der Waals surface area contributed by atoms with Gasteiger partial charge in [-0.05, 0) is 24.0 Å². The second-order valence-electron chi connectivity index (χ2n) is 7.79. The Bertz CT molecular complexity index is 706. The lowest BCUT2D eigenvalue weighted by Crippen LogP contribution is -2.28. The van der Waals surface area contributed by atoms with Gasteiger partial charge in [-0.15, -0.1) is 0 Å². The van der Waals surface area contributed by atoms with E-state index in [0.29, 0.717) is 0 Å². The summed E-state index contributed by atoms with van der Waals surface area (Å²) in [6, 6.07) is 7.95. The Labute approximate surface area is 127 Å². The number of aryl methyl sites for hydroxylation is 1. The van der Waals surface area contributed by atoms with Crippen LogP contribution < -0.4 is 5.56 Å². The van der Waals surface area contributed by atoms with Crippen LogP contribution in [0.1, 0.15) is 58.4 Å². The van der Waals surface area contributed by atoms with Crippen molar-refractivity contribution in [3.63, 3.8) is 0 Å². The largest absolute Gasteiger partial charge is 0.294 e. The summed E-state index contributed by atoms with van der Waals surface area (Å²) in [6.07, 6.45) is 0. The van der Waals surface area contributed by atoms with Crippen molar-refractivity contribution in [3.8, 4) is 5.69 Å². The van der Waals surface area contributed by atoms with Gasteiger partial charge in [0.05, 0.1) is 5.69 Å². The van der Waals surface area contributed by atoms with Gasteiger partial charge in [-0.25, -0.2) is 4.68 Å². The van der Waals surface area contributed by atoms with Gasteiger partial charge >= 0.3 is 0 Å². The van der Waals surface area contributed by atoms with E-state index in [9.17, 15) is 4.79 Å². The summed E-state index contributed by atoms with van der Waals surface area (Å²) < 4.78 is 1.69. The van der Waals surface area contributed by atoms with E-state index in [0.717, 1.165) is 22.5 Å². The molecule has 0 amide bonds. The van der Waals surface area contributed by atoms with Crippen molar-refractivity contribution >= 4 is 0 Å². The summed E-state index contributed by atoms with van der Waals surface area (Å²) in [4.78, 5) is 13.0.